The number of hydrogen-bond acceptors (Lipinski definition) is 6. The van der Waals surface area contributed by atoms with Crippen LogP contribution in [0, 0.1) is 5.82 Å². The molecule has 0 saturated heterocycles. The van der Waals surface area contributed by atoms with Gasteiger partial charge in [-0.15, -0.1) is 11.3 Å². The van der Waals surface area contributed by atoms with Crippen LogP contribution in [0.2, 0.25) is 0 Å². The van der Waals surface area contributed by atoms with Gasteiger partial charge in [-0.2, -0.15) is 0 Å². The molecule has 0 amide bonds. The van der Waals surface area contributed by atoms with Crippen molar-refractivity contribution in [2.75, 3.05) is 11.3 Å². The van der Waals surface area contributed by atoms with Crippen LogP contribution in [-0.4, -0.2) is 26.8 Å². The Morgan fingerprint density at radius 2 is 1.71 bits per heavy atom. The Balaban J connectivity index is 1.72. The number of halogens is 1. The number of thiophene rings is 1. The van der Waals surface area contributed by atoms with Crippen molar-refractivity contribution < 1.29 is 27.1 Å². The number of esters is 1. The van der Waals surface area contributed by atoms with Gasteiger partial charge in [0.15, 0.2) is 12.4 Å². The van der Waals surface area contributed by atoms with Crippen molar-refractivity contribution in [2.24, 2.45) is 0 Å². The van der Waals surface area contributed by atoms with Gasteiger partial charge in [-0.25, -0.2) is 17.6 Å². The first-order chi connectivity index (χ1) is 13.4. The van der Waals surface area contributed by atoms with E-state index in [-0.39, 0.29) is 21.0 Å². The van der Waals surface area contributed by atoms with Gasteiger partial charge in [0, 0.05) is 5.56 Å². The first-order valence-corrected chi connectivity index (χ1v) is 10.3. The van der Waals surface area contributed by atoms with Crippen molar-refractivity contribution in [3.63, 3.8) is 0 Å². The number of carbonyl (C=O) groups is 2. The molecule has 1 aromatic heterocycles. The summed E-state index contributed by atoms with van der Waals surface area (Å²) in [6.07, 6.45) is 0. The summed E-state index contributed by atoms with van der Waals surface area (Å²) in [6.45, 7) is -0.559. The minimum absolute atomic E-state index is 0.0328. The van der Waals surface area contributed by atoms with E-state index in [9.17, 15) is 22.4 Å². The zero-order valence-corrected chi connectivity index (χ0v) is 15.9. The summed E-state index contributed by atoms with van der Waals surface area (Å²) in [4.78, 5) is 24.4. The molecule has 0 aliphatic heterocycles. The molecule has 6 nitrogen and oxygen atoms in total. The van der Waals surface area contributed by atoms with Crippen LogP contribution >= 0.6 is 11.3 Å². The molecule has 1 N–H and O–H groups in total. The third kappa shape index (κ3) is 4.62. The van der Waals surface area contributed by atoms with Crippen LogP contribution in [0.25, 0.3) is 0 Å². The van der Waals surface area contributed by atoms with E-state index in [2.05, 4.69) is 4.72 Å². The monoisotopic (exact) mass is 419 g/mol. The maximum atomic E-state index is 12.9. The van der Waals surface area contributed by atoms with Gasteiger partial charge in [0.05, 0.1) is 11.3 Å². The average molecular weight is 419 g/mol. The number of anilines is 1. The van der Waals surface area contributed by atoms with E-state index in [1.165, 1.54) is 30.3 Å². The zero-order valence-electron chi connectivity index (χ0n) is 14.3. The molecule has 0 aliphatic carbocycles. The first kappa shape index (κ1) is 19.7. The lowest BCUT2D eigenvalue weighted by molar-refractivity contribution is 0.0476. The van der Waals surface area contributed by atoms with Crippen LogP contribution in [0.3, 0.4) is 0 Å². The topological polar surface area (TPSA) is 89.5 Å². The summed E-state index contributed by atoms with van der Waals surface area (Å²) in [5.74, 6) is -1.86. The van der Waals surface area contributed by atoms with E-state index >= 15 is 0 Å². The minimum Gasteiger partial charge on any atom is -0.454 e. The molecule has 0 radical (unpaired) electrons. The molecule has 0 bridgehead atoms. The van der Waals surface area contributed by atoms with Gasteiger partial charge in [0.25, 0.3) is 10.0 Å². The van der Waals surface area contributed by atoms with Crippen LogP contribution in [0.1, 0.15) is 20.7 Å². The number of sulfonamides is 1. The molecular formula is C19H14FNO5S2. The van der Waals surface area contributed by atoms with Crippen molar-refractivity contribution in [2.45, 2.75) is 4.21 Å². The largest absolute Gasteiger partial charge is 0.454 e. The number of benzene rings is 2. The predicted molar refractivity (Wildman–Crippen MR) is 103 cm³/mol. The fraction of sp³-hybridized carbons (Fsp3) is 0.0526. The third-order valence-electron chi connectivity index (χ3n) is 3.65. The van der Waals surface area contributed by atoms with Crippen molar-refractivity contribution in [1.29, 1.82) is 0 Å². The molecule has 3 rings (SSSR count). The number of ketones is 1. The van der Waals surface area contributed by atoms with Gasteiger partial charge in [-0.1, -0.05) is 18.2 Å². The standard InChI is InChI=1S/C19H14FNO5S2/c20-14-9-7-13(8-10-14)17(22)12-26-19(23)15-4-1-2-5-16(15)21-28(24,25)18-6-3-11-27-18/h1-11,21H,12H2. The Morgan fingerprint density at radius 1 is 1.00 bits per heavy atom. The lowest BCUT2D eigenvalue weighted by Gasteiger charge is -2.11. The molecule has 0 fully saturated rings. The van der Waals surface area contributed by atoms with Crippen LogP contribution in [0.4, 0.5) is 10.1 Å². The summed E-state index contributed by atoms with van der Waals surface area (Å²) >= 11 is 1.04. The quantitative estimate of drug-likeness (QED) is 0.466. The Bertz CT molecular complexity index is 1090. The van der Waals surface area contributed by atoms with Gasteiger partial charge in [0.2, 0.25) is 0 Å². The number of ether oxygens (including phenoxy) is 1. The van der Waals surface area contributed by atoms with Crippen LogP contribution in [-0.2, 0) is 14.8 Å². The van der Waals surface area contributed by atoms with Gasteiger partial charge < -0.3 is 4.74 Å². The zero-order chi connectivity index (χ0) is 20.1. The van der Waals surface area contributed by atoms with E-state index in [4.69, 9.17) is 4.74 Å². The smallest absolute Gasteiger partial charge is 0.340 e. The van der Waals surface area contributed by atoms with Crippen molar-refractivity contribution in [3.8, 4) is 0 Å². The predicted octanol–water partition coefficient (Wildman–Crippen LogP) is 3.73. The molecule has 0 saturated carbocycles. The summed E-state index contributed by atoms with van der Waals surface area (Å²) in [6, 6.07) is 13.8. The number of Topliss-reactive ketones (excluding diaryl/α,β-unsaturated/α-hetero) is 1. The van der Waals surface area contributed by atoms with Crippen LogP contribution in [0.15, 0.2) is 70.3 Å². The molecule has 1 heterocycles. The second-order valence-corrected chi connectivity index (χ2v) is 8.45. The van der Waals surface area contributed by atoms with Crippen molar-refractivity contribution >= 4 is 38.8 Å². The van der Waals surface area contributed by atoms with E-state index in [0.29, 0.717) is 0 Å². The number of rotatable bonds is 7. The highest BCUT2D eigenvalue weighted by atomic mass is 32.2. The molecule has 3 aromatic rings. The van der Waals surface area contributed by atoms with E-state index in [0.717, 1.165) is 23.5 Å². The maximum Gasteiger partial charge on any atom is 0.340 e. The average Bonchev–Trinajstić information content (AvgIpc) is 3.22. The van der Waals surface area contributed by atoms with Crippen LogP contribution < -0.4 is 4.72 Å². The lowest BCUT2D eigenvalue weighted by atomic mass is 10.1. The summed E-state index contributed by atoms with van der Waals surface area (Å²) in [5.41, 5.74) is 0.200. The molecular weight excluding hydrogens is 405 g/mol. The fourth-order valence-corrected chi connectivity index (χ4v) is 4.36. The minimum atomic E-state index is -3.85. The van der Waals surface area contributed by atoms with Gasteiger partial charge in [-0.05, 0) is 47.8 Å². The van der Waals surface area contributed by atoms with E-state index < -0.39 is 34.2 Å². The second kappa shape index (κ2) is 8.32. The van der Waals surface area contributed by atoms with Crippen molar-refractivity contribution in [1.82, 2.24) is 0 Å². The molecule has 144 valence electrons. The third-order valence-corrected chi connectivity index (χ3v) is 6.41. The molecule has 2 aromatic carbocycles. The van der Waals surface area contributed by atoms with E-state index in [1.807, 2.05) is 0 Å². The highest BCUT2D eigenvalue weighted by Gasteiger charge is 2.20. The normalized spacial score (nSPS) is 11.0. The van der Waals surface area contributed by atoms with Gasteiger partial charge >= 0.3 is 5.97 Å². The second-order valence-electron chi connectivity index (χ2n) is 5.59. The molecule has 9 heteroatoms. The molecule has 0 unspecified atom stereocenters. The van der Waals surface area contributed by atoms with E-state index in [1.54, 1.807) is 23.6 Å². The lowest BCUT2D eigenvalue weighted by Crippen LogP contribution is -2.18. The number of carbonyl (C=O) groups excluding carboxylic acids is 2. The summed E-state index contributed by atoms with van der Waals surface area (Å²) in [7, 11) is -3.85. The number of hydrogen-bond donors (Lipinski definition) is 1. The molecule has 0 aliphatic rings. The summed E-state index contributed by atoms with van der Waals surface area (Å²) in [5, 5.41) is 1.62. The summed E-state index contributed by atoms with van der Waals surface area (Å²) < 4.78 is 45.1. The molecule has 0 spiro atoms. The SMILES string of the molecule is O=C(COC(=O)c1ccccc1NS(=O)(=O)c1cccs1)c1ccc(F)cc1. The number of nitrogens with one attached hydrogen (secondary N) is 1. The van der Waals surface area contributed by atoms with Crippen LogP contribution in [0.5, 0.6) is 0 Å². The highest BCUT2D eigenvalue weighted by Crippen LogP contribution is 2.23. The Hall–Kier alpha value is -3.04. The molecule has 28 heavy (non-hydrogen) atoms. The Labute approximate surface area is 164 Å². The highest BCUT2D eigenvalue weighted by molar-refractivity contribution is 7.94. The fourth-order valence-electron chi connectivity index (χ4n) is 2.29. The van der Waals surface area contributed by atoms with Gasteiger partial charge in [-0.3, -0.25) is 9.52 Å². The van der Waals surface area contributed by atoms with Crippen molar-refractivity contribution in [3.05, 3.63) is 83.0 Å². The Kier molecular flexibility index (Phi) is 5.86. The van der Waals surface area contributed by atoms with Gasteiger partial charge in [0.1, 0.15) is 10.0 Å². The Morgan fingerprint density at radius 3 is 2.39 bits per heavy atom. The maximum absolute atomic E-state index is 12.9. The number of para-hydroxylation sites is 1. The molecule has 0 atom stereocenters. The first-order valence-electron chi connectivity index (χ1n) is 7.98.